The van der Waals surface area contributed by atoms with Crippen LogP contribution in [0.2, 0.25) is 0 Å². The van der Waals surface area contributed by atoms with E-state index in [-0.39, 0.29) is 30.4 Å². The number of hydrogen-bond acceptors (Lipinski definition) is 7. The highest BCUT2D eigenvalue weighted by molar-refractivity contribution is 7.10. The summed E-state index contributed by atoms with van der Waals surface area (Å²) in [6.45, 7) is 3.66. The van der Waals surface area contributed by atoms with Gasteiger partial charge in [0.25, 0.3) is 0 Å². The van der Waals surface area contributed by atoms with Crippen LogP contribution in [0.4, 0.5) is 5.00 Å². The second-order valence-electron chi connectivity index (χ2n) is 7.57. The SMILES string of the molecule is COc1ccc([C@@H]2CC(=O)N(CC(=O)Nc3cc(C)ns3)C2)cc1O[C@@H]1CCOC1. The van der Waals surface area contributed by atoms with Crippen molar-refractivity contribution in [3.63, 3.8) is 0 Å². The molecule has 30 heavy (non-hydrogen) atoms. The lowest BCUT2D eigenvalue weighted by molar-refractivity contribution is -0.131. The molecule has 3 heterocycles. The molecule has 0 saturated carbocycles. The Kier molecular flexibility index (Phi) is 6.19. The summed E-state index contributed by atoms with van der Waals surface area (Å²) in [4.78, 5) is 26.4. The van der Waals surface area contributed by atoms with Crippen LogP contribution in [0.15, 0.2) is 24.3 Å². The molecular weight excluding hydrogens is 406 g/mol. The molecule has 0 spiro atoms. The Morgan fingerprint density at radius 1 is 1.37 bits per heavy atom. The molecule has 0 bridgehead atoms. The minimum atomic E-state index is -0.215. The number of rotatable bonds is 7. The zero-order valence-corrected chi connectivity index (χ0v) is 17.9. The number of likely N-dealkylation sites (tertiary alicyclic amines) is 1. The van der Waals surface area contributed by atoms with E-state index in [2.05, 4.69) is 9.69 Å². The third kappa shape index (κ3) is 4.73. The van der Waals surface area contributed by atoms with Gasteiger partial charge in [0.1, 0.15) is 11.1 Å². The van der Waals surface area contributed by atoms with Crippen LogP contribution >= 0.6 is 11.5 Å². The van der Waals surface area contributed by atoms with Crippen molar-refractivity contribution < 1.29 is 23.8 Å². The fraction of sp³-hybridized carbons (Fsp3) is 0.476. The summed E-state index contributed by atoms with van der Waals surface area (Å²) in [5, 5.41) is 3.49. The van der Waals surface area contributed by atoms with Crippen molar-refractivity contribution in [3.8, 4) is 11.5 Å². The van der Waals surface area contributed by atoms with Gasteiger partial charge in [-0.1, -0.05) is 6.07 Å². The van der Waals surface area contributed by atoms with E-state index in [4.69, 9.17) is 14.2 Å². The van der Waals surface area contributed by atoms with Gasteiger partial charge < -0.3 is 24.4 Å². The third-order valence-corrected chi connectivity index (χ3v) is 6.08. The second kappa shape index (κ2) is 9.01. The van der Waals surface area contributed by atoms with Crippen molar-refractivity contribution in [3.05, 3.63) is 35.5 Å². The van der Waals surface area contributed by atoms with E-state index in [1.54, 1.807) is 12.0 Å². The summed E-state index contributed by atoms with van der Waals surface area (Å²) < 4.78 is 21.0. The monoisotopic (exact) mass is 431 g/mol. The first kappa shape index (κ1) is 20.6. The van der Waals surface area contributed by atoms with Crippen LogP contribution in [-0.4, -0.2) is 60.6 Å². The van der Waals surface area contributed by atoms with E-state index in [1.165, 1.54) is 11.5 Å². The molecule has 2 amide bonds. The molecule has 0 aliphatic carbocycles. The summed E-state index contributed by atoms with van der Waals surface area (Å²) in [5.41, 5.74) is 1.85. The second-order valence-corrected chi connectivity index (χ2v) is 8.37. The molecule has 2 aromatic rings. The van der Waals surface area contributed by atoms with Crippen molar-refractivity contribution in [2.75, 3.05) is 38.7 Å². The van der Waals surface area contributed by atoms with Gasteiger partial charge in [-0.2, -0.15) is 4.37 Å². The van der Waals surface area contributed by atoms with Crippen LogP contribution in [0.1, 0.15) is 30.0 Å². The molecule has 0 unspecified atom stereocenters. The maximum Gasteiger partial charge on any atom is 0.244 e. The normalized spacial score (nSPS) is 21.1. The molecule has 0 radical (unpaired) electrons. The fourth-order valence-corrected chi connectivity index (χ4v) is 4.42. The van der Waals surface area contributed by atoms with Gasteiger partial charge in [0.15, 0.2) is 11.5 Å². The van der Waals surface area contributed by atoms with E-state index < -0.39 is 0 Å². The number of aromatic nitrogens is 1. The predicted octanol–water partition coefficient (Wildman–Crippen LogP) is 2.58. The van der Waals surface area contributed by atoms with Crippen LogP contribution in [0, 0.1) is 6.92 Å². The molecule has 1 aromatic heterocycles. The van der Waals surface area contributed by atoms with Crippen LogP contribution < -0.4 is 14.8 Å². The van der Waals surface area contributed by atoms with Crippen LogP contribution in [0.5, 0.6) is 11.5 Å². The Labute approximate surface area is 179 Å². The first-order valence-electron chi connectivity index (χ1n) is 9.95. The number of carbonyl (C=O) groups excluding carboxylic acids is 2. The fourth-order valence-electron chi connectivity index (χ4n) is 3.75. The minimum Gasteiger partial charge on any atom is -0.493 e. The number of nitrogens with one attached hydrogen (secondary N) is 1. The lowest BCUT2D eigenvalue weighted by atomic mass is 9.98. The number of aryl methyl sites for hydroxylation is 1. The lowest BCUT2D eigenvalue weighted by Gasteiger charge is -2.18. The Morgan fingerprint density at radius 3 is 2.93 bits per heavy atom. The maximum absolute atomic E-state index is 12.5. The third-order valence-electron chi connectivity index (χ3n) is 5.28. The van der Waals surface area contributed by atoms with Crippen LogP contribution in [0.25, 0.3) is 0 Å². The van der Waals surface area contributed by atoms with E-state index >= 15 is 0 Å². The number of amides is 2. The summed E-state index contributed by atoms with van der Waals surface area (Å²) >= 11 is 1.23. The molecule has 4 rings (SSSR count). The number of nitrogens with zero attached hydrogens (tertiary/aromatic N) is 2. The molecule has 9 heteroatoms. The van der Waals surface area contributed by atoms with Gasteiger partial charge in [-0.05, 0) is 42.2 Å². The lowest BCUT2D eigenvalue weighted by Crippen LogP contribution is -2.34. The maximum atomic E-state index is 12.5. The molecule has 8 nitrogen and oxygen atoms in total. The van der Waals surface area contributed by atoms with E-state index in [9.17, 15) is 9.59 Å². The number of ether oxygens (including phenoxy) is 3. The molecule has 2 aliphatic heterocycles. The Balaban J connectivity index is 1.40. The van der Waals surface area contributed by atoms with Crippen molar-refractivity contribution in [2.24, 2.45) is 0 Å². The Morgan fingerprint density at radius 2 is 2.23 bits per heavy atom. The molecule has 1 aromatic carbocycles. The number of carbonyl (C=O) groups is 2. The molecule has 2 saturated heterocycles. The average molecular weight is 432 g/mol. The van der Waals surface area contributed by atoms with Gasteiger partial charge in [-0.15, -0.1) is 0 Å². The minimum absolute atomic E-state index is 0.00373. The van der Waals surface area contributed by atoms with Gasteiger partial charge in [0, 0.05) is 25.3 Å². The topological polar surface area (TPSA) is 90.0 Å². The van der Waals surface area contributed by atoms with Gasteiger partial charge in [0.2, 0.25) is 11.8 Å². The van der Waals surface area contributed by atoms with Crippen molar-refractivity contribution in [1.29, 1.82) is 0 Å². The summed E-state index contributed by atoms with van der Waals surface area (Å²) in [7, 11) is 1.61. The smallest absolute Gasteiger partial charge is 0.244 e. The van der Waals surface area contributed by atoms with Crippen molar-refractivity contribution >= 4 is 28.3 Å². The van der Waals surface area contributed by atoms with Gasteiger partial charge in [-0.25, -0.2) is 0 Å². The summed E-state index contributed by atoms with van der Waals surface area (Å²) in [6.07, 6.45) is 1.22. The Bertz CT molecular complexity index is 925. The number of benzene rings is 1. The van der Waals surface area contributed by atoms with Crippen molar-refractivity contribution in [2.45, 2.75) is 31.8 Å². The average Bonchev–Trinajstić information content (AvgIpc) is 3.45. The van der Waals surface area contributed by atoms with Crippen LogP contribution in [0.3, 0.4) is 0 Å². The molecule has 1 N–H and O–H groups in total. The first-order valence-corrected chi connectivity index (χ1v) is 10.7. The summed E-state index contributed by atoms with van der Waals surface area (Å²) in [5.74, 6) is 1.08. The van der Waals surface area contributed by atoms with E-state index in [0.29, 0.717) is 42.7 Å². The molecule has 2 aliphatic rings. The van der Waals surface area contributed by atoms with Gasteiger partial charge >= 0.3 is 0 Å². The van der Waals surface area contributed by atoms with E-state index in [1.807, 2.05) is 31.2 Å². The van der Waals surface area contributed by atoms with Gasteiger partial charge in [0.05, 0.1) is 32.6 Å². The highest BCUT2D eigenvalue weighted by Gasteiger charge is 2.32. The summed E-state index contributed by atoms with van der Waals surface area (Å²) in [6, 6.07) is 7.58. The zero-order valence-electron chi connectivity index (χ0n) is 17.1. The number of hydrogen-bond donors (Lipinski definition) is 1. The highest BCUT2D eigenvalue weighted by Crippen LogP contribution is 2.36. The van der Waals surface area contributed by atoms with Crippen LogP contribution in [-0.2, 0) is 14.3 Å². The highest BCUT2D eigenvalue weighted by atomic mass is 32.1. The zero-order chi connectivity index (χ0) is 21.1. The molecule has 160 valence electrons. The molecule has 2 atom stereocenters. The van der Waals surface area contributed by atoms with E-state index in [0.717, 1.165) is 17.7 Å². The largest absolute Gasteiger partial charge is 0.493 e. The standard InChI is InChI=1S/C21H25N3O5S/c1-13-7-20(30-23-13)22-19(25)11-24-10-15(9-21(24)26)14-3-4-17(27-2)18(8-14)29-16-5-6-28-12-16/h3-4,7-8,15-16H,5-6,9-12H2,1-2H3,(H,22,25)/t15-,16-/m1/s1. The number of anilines is 1. The first-order chi connectivity index (χ1) is 14.5. The van der Waals surface area contributed by atoms with Gasteiger partial charge in [-0.3, -0.25) is 9.59 Å². The van der Waals surface area contributed by atoms with Crippen molar-refractivity contribution in [1.82, 2.24) is 9.27 Å². The predicted molar refractivity (Wildman–Crippen MR) is 112 cm³/mol. The number of methoxy groups -OCH3 is 1. The quantitative estimate of drug-likeness (QED) is 0.725. The molecular formula is C21H25N3O5S. The Hall–Kier alpha value is -2.65. The molecule has 2 fully saturated rings.